The van der Waals surface area contributed by atoms with Gasteiger partial charge in [-0.3, -0.25) is 4.99 Å². The third-order valence-corrected chi connectivity index (χ3v) is 4.60. The standard InChI is InChI=1S/C17H25N3O.HI/c1-3-12-6-4-5-7-13(12)11-19-17(18-2)20-15-10-14-8-9-16(15)21-14;/h4-7,14-16H,3,8-11H2,1-2H3,(H2,18,19,20);1H. The topological polar surface area (TPSA) is 45.7 Å². The molecule has 2 aliphatic heterocycles. The lowest BCUT2D eigenvalue weighted by Crippen LogP contribution is -2.47. The van der Waals surface area contributed by atoms with E-state index in [4.69, 9.17) is 4.74 Å². The van der Waals surface area contributed by atoms with Crippen LogP contribution in [-0.4, -0.2) is 31.3 Å². The Kier molecular flexibility index (Phi) is 6.50. The van der Waals surface area contributed by atoms with Crippen LogP contribution in [-0.2, 0) is 17.7 Å². The van der Waals surface area contributed by atoms with E-state index in [2.05, 4.69) is 46.8 Å². The first kappa shape index (κ1) is 17.5. The molecule has 2 heterocycles. The largest absolute Gasteiger partial charge is 0.373 e. The molecule has 2 N–H and O–H groups in total. The highest BCUT2D eigenvalue weighted by molar-refractivity contribution is 14.0. The molecular weight excluding hydrogens is 389 g/mol. The van der Waals surface area contributed by atoms with Gasteiger partial charge in [0, 0.05) is 13.6 Å². The number of benzene rings is 1. The molecule has 2 fully saturated rings. The van der Waals surface area contributed by atoms with E-state index >= 15 is 0 Å². The maximum atomic E-state index is 5.88. The summed E-state index contributed by atoms with van der Waals surface area (Å²) in [5.41, 5.74) is 2.73. The maximum absolute atomic E-state index is 5.88. The number of guanidine groups is 1. The van der Waals surface area contributed by atoms with Crippen LogP contribution < -0.4 is 10.6 Å². The molecule has 2 aliphatic rings. The van der Waals surface area contributed by atoms with Crippen molar-refractivity contribution < 1.29 is 4.74 Å². The quantitative estimate of drug-likeness (QED) is 0.452. The van der Waals surface area contributed by atoms with Crippen molar-refractivity contribution in [2.45, 2.75) is 57.4 Å². The summed E-state index contributed by atoms with van der Waals surface area (Å²) in [7, 11) is 1.83. The maximum Gasteiger partial charge on any atom is 0.191 e. The molecule has 0 spiro atoms. The first-order valence-electron chi connectivity index (χ1n) is 7.99. The lowest BCUT2D eigenvalue weighted by molar-refractivity contribution is 0.0992. The molecule has 22 heavy (non-hydrogen) atoms. The molecule has 1 aromatic carbocycles. The van der Waals surface area contributed by atoms with E-state index in [0.29, 0.717) is 18.2 Å². The van der Waals surface area contributed by atoms with E-state index in [9.17, 15) is 0 Å². The Morgan fingerprint density at radius 1 is 1.27 bits per heavy atom. The Bertz CT molecular complexity index is 520. The highest BCUT2D eigenvalue weighted by Gasteiger charge is 2.41. The third kappa shape index (κ3) is 3.93. The second kappa shape index (κ2) is 8.15. The Labute approximate surface area is 150 Å². The van der Waals surface area contributed by atoms with Crippen molar-refractivity contribution in [1.29, 1.82) is 0 Å². The number of nitrogens with zero attached hydrogens (tertiary/aromatic N) is 1. The highest BCUT2D eigenvalue weighted by Crippen LogP contribution is 2.34. The number of aryl methyl sites for hydroxylation is 1. The van der Waals surface area contributed by atoms with Crippen LogP contribution in [0.25, 0.3) is 0 Å². The second-order valence-corrected chi connectivity index (χ2v) is 5.91. The molecule has 0 aromatic heterocycles. The van der Waals surface area contributed by atoms with E-state index in [1.165, 1.54) is 24.0 Å². The molecule has 3 unspecified atom stereocenters. The van der Waals surface area contributed by atoms with Gasteiger partial charge in [0.2, 0.25) is 0 Å². The van der Waals surface area contributed by atoms with Gasteiger partial charge in [-0.25, -0.2) is 0 Å². The third-order valence-electron chi connectivity index (χ3n) is 4.60. The van der Waals surface area contributed by atoms with Crippen molar-refractivity contribution in [2.24, 2.45) is 4.99 Å². The van der Waals surface area contributed by atoms with Crippen molar-refractivity contribution in [3.63, 3.8) is 0 Å². The Morgan fingerprint density at radius 2 is 2.05 bits per heavy atom. The predicted molar refractivity (Wildman–Crippen MR) is 101 cm³/mol. The van der Waals surface area contributed by atoms with E-state index in [-0.39, 0.29) is 24.0 Å². The summed E-state index contributed by atoms with van der Waals surface area (Å²) in [4.78, 5) is 4.34. The molecule has 0 radical (unpaired) electrons. The fraction of sp³-hybridized carbons (Fsp3) is 0.588. The van der Waals surface area contributed by atoms with Gasteiger partial charge in [-0.1, -0.05) is 31.2 Å². The van der Waals surface area contributed by atoms with Gasteiger partial charge in [0.25, 0.3) is 0 Å². The Hall–Kier alpha value is -0.820. The lowest BCUT2D eigenvalue weighted by Gasteiger charge is -2.23. The van der Waals surface area contributed by atoms with E-state index in [0.717, 1.165) is 25.3 Å². The van der Waals surface area contributed by atoms with Gasteiger partial charge in [0.05, 0.1) is 18.2 Å². The molecule has 2 saturated heterocycles. The SMILES string of the molecule is CCc1ccccc1CNC(=NC)NC1CC2CCC1O2.I. The Morgan fingerprint density at radius 3 is 2.64 bits per heavy atom. The van der Waals surface area contributed by atoms with Gasteiger partial charge in [-0.05, 0) is 36.8 Å². The zero-order valence-corrected chi connectivity index (χ0v) is 15.7. The zero-order valence-electron chi connectivity index (χ0n) is 13.3. The highest BCUT2D eigenvalue weighted by atomic mass is 127. The van der Waals surface area contributed by atoms with Crippen LogP contribution in [0.2, 0.25) is 0 Å². The number of halogens is 1. The fourth-order valence-corrected chi connectivity index (χ4v) is 3.41. The number of ether oxygens (including phenoxy) is 1. The van der Waals surface area contributed by atoms with Gasteiger partial charge in [-0.15, -0.1) is 24.0 Å². The van der Waals surface area contributed by atoms with E-state index in [1.807, 2.05) is 7.05 Å². The van der Waals surface area contributed by atoms with Gasteiger partial charge < -0.3 is 15.4 Å². The predicted octanol–water partition coefficient (Wildman–Crippen LogP) is 2.85. The minimum absolute atomic E-state index is 0. The van der Waals surface area contributed by atoms with Crippen molar-refractivity contribution >= 4 is 29.9 Å². The molecule has 1 aromatic rings. The number of aliphatic imine (C=N–C) groups is 1. The van der Waals surface area contributed by atoms with E-state index in [1.54, 1.807) is 0 Å². The molecule has 5 heteroatoms. The first-order chi connectivity index (χ1) is 10.3. The van der Waals surface area contributed by atoms with Crippen LogP contribution in [0.5, 0.6) is 0 Å². The average molecular weight is 415 g/mol. The Balaban J connectivity index is 0.00000176. The smallest absolute Gasteiger partial charge is 0.191 e. The molecule has 0 aliphatic carbocycles. The first-order valence-corrected chi connectivity index (χ1v) is 7.99. The molecule has 2 bridgehead atoms. The summed E-state index contributed by atoms with van der Waals surface area (Å²) in [5.74, 6) is 0.877. The normalized spacial score (nSPS) is 26.6. The van der Waals surface area contributed by atoms with Gasteiger partial charge >= 0.3 is 0 Å². The van der Waals surface area contributed by atoms with Crippen LogP contribution in [0, 0.1) is 0 Å². The molecule has 3 rings (SSSR count). The fourth-order valence-electron chi connectivity index (χ4n) is 3.41. The number of rotatable bonds is 4. The van der Waals surface area contributed by atoms with Crippen LogP contribution in [0.1, 0.15) is 37.3 Å². The molecular formula is C17H26IN3O. The number of hydrogen-bond donors (Lipinski definition) is 2. The molecule has 3 atom stereocenters. The van der Waals surface area contributed by atoms with Crippen molar-refractivity contribution in [2.75, 3.05) is 7.05 Å². The van der Waals surface area contributed by atoms with E-state index < -0.39 is 0 Å². The van der Waals surface area contributed by atoms with Crippen LogP contribution in [0.3, 0.4) is 0 Å². The van der Waals surface area contributed by atoms with Crippen molar-refractivity contribution in [1.82, 2.24) is 10.6 Å². The summed E-state index contributed by atoms with van der Waals surface area (Å²) >= 11 is 0. The van der Waals surface area contributed by atoms with Gasteiger partial charge in [-0.2, -0.15) is 0 Å². The lowest BCUT2D eigenvalue weighted by atomic mass is 9.96. The summed E-state index contributed by atoms with van der Waals surface area (Å²) in [5, 5.41) is 6.95. The minimum Gasteiger partial charge on any atom is -0.373 e. The van der Waals surface area contributed by atoms with Gasteiger partial charge in [0.1, 0.15) is 0 Å². The summed E-state index contributed by atoms with van der Waals surface area (Å²) < 4.78 is 5.88. The molecule has 0 saturated carbocycles. The minimum atomic E-state index is 0. The summed E-state index contributed by atoms with van der Waals surface area (Å²) in [6, 6.07) is 8.98. The van der Waals surface area contributed by atoms with Gasteiger partial charge in [0.15, 0.2) is 5.96 Å². The molecule has 0 amide bonds. The monoisotopic (exact) mass is 415 g/mol. The number of nitrogens with one attached hydrogen (secondary N) is 2. The zero-order chi connectivity index (χ0) is 14.7. The number of hydrogen-bond acceptors (Lipinski definition) is 2. The second-order valence-electron chi connectivity index (χ2n) is 5.91. The van der Waals surface area contributed by atoms with Crippen molar-refractivity contribution in [3.05, 3.63) is 35.4 Å². The molecule has 4 nitrogen and oxygen atoms in total. The summed E-state index contributed by atoms with van der Waals surface area (Å²) in [6.07, 6.45) is 5.40. The van der Waals surface area contributed by atoms with Crippen LogP contribution in [0.4, 0.5) is 0 Å². The van der Waals surface area contributed by atoms with Crippen molar-refractivity contribution in [3.8, 4) is 0 Å². The molecule has 122 valence electrons. The average Bonchev–Trinajstić information content (AvgIpc) is 3.14. The summed E-state index contributed by atoms with van der Waals surface area (Å²) in [6.45, 7) is 3.00. The van der Waals surface area contributed by atoms with Crippen LogP contribution in [0.15, 0.2) is 29.3 Å². The van der Waals surface area contributed by atoms with Crippen LogP contribution >= 0.6 is 24.0 Å². The number of fused-ring (bicyclic) bond motifs is 2.